The SMILES string of the molecule is COc1cccc(C#Cc2cnc(Nc3cccc(S(C)(=N)=O)c3)nc2N[C@H](C)CO)c1. The predicted molar refractivity (Wildman–Crippen MR) is 126 cm³/mol. The summed E-state index contributed by atoms with van der Waals surface area (Å²) in [5, 5.41) is 15.6. The van der Waals surface area contributed by atoms with Crippen LogP contribution in [0.2, 0.25) is 0 Å². The van der Waals surface area contributed by atoms with Crippen LogP contribution in [-0.2, 0) is 9.73 Å². The van der Waals surface area contributed by atoms with E-state index in [1.54, 1.807) is 37.6 Å². The standard InChI is InChI=1S/C23H25N5O3S/c1-16(15-29)26-22-18(11-10-17-6-4-8-20(12-17)31-2)14-25-23(28-22)27-19-7-5-9-21(13-19)32(3,24)30/h4-9,12-14,16,24,29H,15H2,1-3H3,(H2,25,26,27,28)/t16-,32?/m1/s1. The number of aromatic nitrogens is 2. The molecule has 32 heavy (non-hydrogen) atoms. The highest BCUT2D eigenvalue weighted by atomic mass is 32.2. The Bertz CT molecular complexity index is 1270. The number of hydrogen-bond donors (Lipinski definition) is 4. The maximum absolute atomic E-state index is 12.0. The van der Waals surface area contributed by atoms with Gasteiger partial charge in [0.05, 0.1) is 35.2 Å². The number of aliphatic hydroxyl groups excluding tert-OH is 1. The molecule has 0 spiro atoms. The molecule has 2 aromatic carbocycles. The molecule has 0 aliphatic carbocycles. The molecule has 0 bridgehead atoms. The van der Waals surface area contributed by atoms with Crippen LogP contribution in [-0.4, -0.2) is 45.3 Å². The van der Waals surface area contributed by atoms with Gasteiger partial charge in [0.25, 0.3) is 0 Å². The molecule has 0 saturated carbocycles. The molecular formula is C23H25N5O3S. The minimum absolute atomic E-state index is 0.0775. The fraction of sp³-hybridized carbons (Fsp3) is 0.217. The first-order valence-electron chi connectivity index (χ1n) is 9.80. The van der Waals surface area contributed by atoms with E-state index in [9.17, 15) is 9.32 Å². The third kappa shape index (κ3) is 6.20. The smallest absolute Gasteiger partial charge is 0.229 e. The molecule has 0 aliphatic heterocycles. The second-order valence-corrected chi connectivity index (χ2v) is 9.32. The topological polar surface area (TPSA) is 120 Å². The molecule has 0 aliphatic rings. The van der Waals surface area contributed by atoms with Gasteiger partial charge in [-0.15, -0.1) is 0 Å². The van der Waals surface area contributed by atoms with E-state index >= 15 is 0 Å². The summed E-state index contributed by atoms with van der Waals surface area (Å²) in [6.45, 7) is 1.75. The molecule has 3 aromatic rings. The fourth-order valence-corrected chi connectivity index (χ4v) is 3.40. The van der Waals surface area contributed by atoms with Crippen LogP contribution in [0.15, 0.2) is 59.6 Å². The summed E-state index contributed by atoms with van der Waals surface area (Å²) in [5.74, 6) is 7.62. The Kier molecular flexibility index (Phi) is 7.30. The third-order valence-electron chi connectivity index (χ3n) is 4.40. The summed E-state index contributed by atoms with van der Waals surface area (Å²) in [5.41, 5.74) is 1.96. The van der Waals surface area contributed by atoms with Crippen LogP contribution in [0.3, 0.4) is 0 Å². The fourth-order valence-electron chi connectivity index (χ4n) is 2.71. The summed E-state index contributed by atoms with van der Waals surface area (Å²) < 4.78 is 25.0. The van der Waals surface area contributed by atoms with Gasteiger partial charge in [0.15, 0.2) is 0 Å². The normalized spacial score (nSPS) is 13.2. The zero-order valence-corrected chi connectivity index (χ0v) is 18.9. The van der Waals surface area contributed by atoms with E-state index in [1.807, 2.05) is 31.2 Å². The Morgan fingerprint density at radius 3 is 2.72 bits per heavy atom. The minimum atomic E-state index is -2.84. The minimum Gasteiger partial charge on any atom is -0.497 e. The zero-order valence-electron chi connectivity index (χ0n) is 18.0. The molecule has 1 aromatic heterocycles. The average molecular weight is 452 g/mol. The molecule has 1 unspecified atom stereocenters. The Balaban J connectivity index is 1.92. The van der Waals surface area contributed by atoms with E-state index in [1.165, 1.54) is 6.26 Å². The van der Waals surface area contributed by atoms with E-state index in [2.05, 4.69) is 32.4 Å². The molecule has 0 fully saturated rings. The number of aliphatic hydroxyl groups is 1. The predicted octanol–water partition coefficient (Wildman–Crippen LogP) is 3.46. The van der Waals surface area contributed by atoms with Crippen molar-refractivity contribution in [3.05, 3.63) is 65.9 Å². The van der Waals surface area contributed by atoms with Gasteiger partial charge < -0.3 is 20.5 Å². The summed E-state index contributed by atoms with van der Waals surface area (Å²) in [6.07, 6.45) is 2.96. The highest BCUT2D eigenvalue weighted by molar-refractivity contribution is 7.91. The molecule has 9 heteroatoms. The Hall–Kier alpha value is -3.61. The average Bonchev–Trinajstić information content (AvgIpc) is 2.78. The molecule has 2 atom stereocenters. The first-order valence-corrected chi connectivity index (χ1v) is 11.8. The number of nitrogens with one attached hydrogen (secondary N) is 3. The van der Waals surface area contributed by atoms with Gasteiger partial charge in [0.2, 0.25) is 5.95 Å². The maximum atomic E-state index is 12.0. The van der Waals surface area contributed by atoms with Crippen molar-refractivity contribution in [2.45, 2.75) is 17.9 Å². The number of ether oxygens (including phenoxy) is 1. The van der Waals surface area contributed by atoms with Crippen LogP contribution in [0.1, 0.15) is 18.1 Å². The van der Waals surface area contributed by atoms with Gasteiger partial charge >= 0.3 is 0 Å². The van der Waals surface area contributed by atoms with E-state index in [-0.39, 0.29) is 12.6 Å². The second kappa shape index (κ2) is 10.1. The van der Waals surface area contributed by atoms with Crippen molar-refractivity contribution in [2.24, 2.45) is 0 Å². The van der Waals surface area contributed by atoms with Crippen LogP contribution in [0.5, 0.6) is 5.75 Å². The Labute approximate surface area is 188 Å². The van der Waals surface area contributed by atoms with E-state index in [0.29, 0.717) is 33.7 Å². The first-order chi connectivity index (χ1) is 15.3. The van der Waals surface area contributed by atoms with Crippen molar-refractivity contribution in [1.82, 2.24) is 9.97 Å². The molecule has 8 nitrogen and oxygen atoms in total. The molecule has 0 radical (unpaired) electrons. The quantitative estimate of drug-likeness (QED) is 0.406. The lowest BCUT2D eigenvalue weighted by molar-refractivity contribution is 0.281. The van der Waals surface area contributed by atoms with Crippen molar-refractivity contribution in [1.29, 1.82) is 4.78 Å². The van der Waals surface area contributed by atoms with Crippen molar-refractivity contribution in [2.75, 3.05) is 30.6 Å². The molecule has 1 heterocycles. The van der Waals surface area contributed by atoms with Crippen LogP contribution < -0.4 is 15.4 Å². The number of anilines is 3. The Morgan fingerprint density at radius 2 is 2.00 bits per heavy atom. The van der Waals surface area contributed by atoms with Crippen LogP contribution >= 0.6 is 0 Å². The number of nitrogens with zero attached hydrogens (tertiary/aromatic N) is 2. The lowest BCUT2D eigenvalue weighted by Crippen LogP contribution is -2.21. The molecule has 0 saturated heterocycles. The van der Waals surface area contributed by atoms with Crippen molar-refractivity contribution >= 4 is 27.2 Å². The van der Waals surface area contributed by atoms with Crippen molar-refractivity contribution in [3.8, 4) is 17.6 Å². The number of benzene rings is 2. The van der Waals surface area contributed by atoms with Gasteiger partial charge in [-0.05, 0) is 43.3 Å². The van der Waals surface area contributed by atoms with Crippen LogP contribution in [0.4, 0.5) is 17.5 Å². The van der Waals surface area contributed by atoms with Crippen LogP contribution in [0, 0.1) is 16.6 Å². The summed E-state index contributed by atoms with van der Waals surface area (Å²) >= 11 is 0. The largest absolute Gasteiger partial charge is 0.497 e. The van der Waals surface area contributed by atoms with Gasteiger partial charge in [-0.1, -0.05) is 24.0 Å². The Morgan fingerprint density at radius 1 is 1.22 bits per heavy atom. The maximum Gasteiger partial charge on any atom is 0.229 e. The summed E-state index contributed by atoms with van der Waals surface area (Å²) in [7, 11) is -1.24. The summed E-state index contributed by atoms with van der Waals surface area (Å²) in [4.78, 5) is 9.25. The van der Waals surface area contributed by atoms with Gasteiger partial charge in [-0.25, -0.2) is 14.0 Å². The van der Waals surface area contributed by atoms with Crippen molar-refractivity contribution < 1.29 is 14.1 Å². The third-order valence-corrected chi connectivity index (χ3v) is 5.55. The molecule has 0 amide bonds. The molecule has 166 valence electrons. The van der Waals surface area contributed by atoms with Gasteiger partial charge in [-0.2, -0.15) is 4.98 Å². The number of hydrogen-bond acceptors (Lipinski definition) is 8. The highest BCUT2D eigenvalue weighted by Crippen LogP contribution is 2.21. The number of methoxy groups -OCH3 is 1. The molecule has 3 rings (SSSR count). The van der Waals surface area contributed by atoms with Gasteiger partial charge in [0, 0.05) is 28.4 Å². The van der Waals surface area contributed by atoms with Gasteiger partial charge in [0.1, 0.15) is 11.6 Å². The highest BCUT2D eigenvalue weighted by Gasteiger charge is 2.10. The summed E-state index contributed by atoms with van der Waals surface area (Å²) in [6, 6.07) is 13.9. The second-order valence-electron chi connectivity index (χ2n) is 7.16. The van der Waals surface area contributed by atoms with E-state index < -0.39 is 9.73 Å². The van der Waals surface area contributed by atoms with Crippen molar-refractivity contribution in [3.63, 3.8) is 0 Å². The van der Waals surface area contributed by atoms with Gasteiger partial charge in [-0.3, -0.25) is 0 Å². The number of rotatable bonds is 7. The lowest BCUT2D eigenvalue weighted by atomic mass is 10.2. The van der Waals surface area contributed by atoms with Crippen LogP contribution in [0.25, 0.3) is 0 Å². The first kappa shape index (κ1) is 23.1. The van der Waals surface area contributed by atoms with E-state index in [4.69, 9.17) is 9.52 Å². The molecular weight excluding hydrogens is 426 g/mol. The van der Waals surface area contributed by atoms with E-state index in [0.717, 1.165) is 5.56 Å². The monoisotopic (exact) mass is 451 g/mol. The lowest BCUT2D eigenvalue weighted by Gasteiger charge is -2.14. The molecule has 4 N–H and O–H groups in total. The zero-order chi connectivity index (χ0) is 23.1.